The highest BCUT2D eigenvalue weighted by atomic mass is 35.5. The smallest absolute Gasteiger partial charge is 0.222 e. The number of amides is 1. The standard InChI is InChI=1S/C12H13ClN4O/c1-17-7-9(2-3-10(17)18)16-12-11(13)8(6-14)4-5-15-12/h4-5,9H,2-3,7H2,1H3,(H,15,16). The van der Waals surface area contributed by atoms with Crippen LogP contribution in [0.4, 0.5) is 5.82 Å². The largest absolute Gasteiger partial charge is 0.364 e. The summed E-state index contributed by atoms with van der Waals surface area (Å²) in [7, 11) is 1.77. The number of likely N-dealkylation sites (tertiary alicyclic amines) is 1. The van der Waals surface area contributed by atoms with E-state index in [4.69, 9.17) is 16.9 Å². The monoisotopic (exact) mass is 264 g/mol. The maximum absolute atomic E-state index is 11.4. The number of nitrogens with zero attached hydrogens (tertiary/aromatic N) is 3. The highest BCUT2D eigenvalue weighted by Crippen LogP contribution is 2.24. The minimum absolute atomic E-state index is 0.117. The van der Waals surface area contributed by atoms with Crippen molar-refractivity contribution in [1.29, 1.82) is 5.26 Å². The third-order valence-corrected chi connectivity index (χ3v) is 3.36. The third kappa shape index (κ3) is 2.54. The van der Waals surface area contributed by atoms with Gasteiger partial charge in [-0.1, -0.05) is 11.6 Å². The SMILES string of the molecule is CN1CC(Nc2nccc(C#N)c2Cl)CCC1=O. The maximum Gasteiger partial charge on any atom is 0.222 e. The Labute approximate surface area is 110 Å². The number of likely N-dealkylation sites (N-methyl/N-ethyl adjacent to an activating group) is 1. The van der Waals surface area contributed by atoms with Crippen LogP contribution in [0, 0.1) is 11.3 Å². The second-order valence-electron chi connectivity index (χ2n) is 4.29. The molecule has 1 atom stereocenters. The molecule has 1 aromatic heterocycles. The Hall–Kier alpha value is -1.80. The summed E-state index contributed by atoms with van der Waals surface area (Å²) in [5.74, 6) is 0.654. The van der Waals surface area contributed by atoms with E-state index in [1.807, 2.05) is 6.07 Å². The van der Waals surface area contributed by atoms with Gasteiger partial charge in [0.2, 0.25) is 5.91 Å². The number of pyridine rings is 1. The van der Waals surface area contributed by atoms with Gasteiger partial charge in [-0.2, -0.15) is 5.26 Å². The van der Waals surface area contributed by atoms with Crippen LogP contribution in [0.2, 0.25) is 5.02 Å². The average Bonchev–Trinajstić information content (AvgIpc) is 2.36. The molecule has 1 aliphatic heterocycles. The van der Waals surface area contributed by atoms with Gasteiger partial charge in [-0.25, -0.2) is 4.98 Å². The van der Waals surface area contributed by atoms with Crippen LogP contribution in [0.25, 0.3) is 0 Å². The fourth-order valence-corrected chi connectivity index (χ4v) is 2.16. The van der Waals surface area contributed by atoms with Gasteiger partial charge in [0, 0.05) is 32.3 Å². The van der Waals surface area contributed by atoms with Crippen molar-refractivity contribution in [2.75, 3.05) is 18.9 Å². The summed E-state index contributed by atoms with van der Waals surface area (Å²) in [6.45, 7) is 0.619. The van der Waals surface area contributed by atoms with Gasteiger partial charge in [-0.05, 0) is 12.5 Å². The van der Waals surface area contributed by atoms with Gasteiger partial charge in [0.25, 0.3) is 0 Å². The first-order chi connectivity index (χ1) is 8.61. The van der Waals surface area contributed by atoms with Crippen molar-refractivity contribution in [2.45, 2.75) is 18.9 Å². The molecule has 1 N–H and O–H groups in total. The molecule has 0 spiro atoms. The van der Waals surface area contributed by atoms with E-state index >= 15 is 0 Å². The van der Waals surface area contributed by atoms with Gasteiger partial charge in [0.15, 0.2) is 0 Å². The molecule has 0 aliphatic carbocycles. The molecule has 6 heteroatoms. The minimum atomic E-state index is 0.117. The van der Waals surface area contributed by atoms with Crippen LogP contribution in [0.5, 0.6) is 0 Å². The van der Waals surface area contributed by atoms with Gasteiger partial charge in [0.1, 0.15) is 16.9 Å². The number of nitrogens with one attached hydrogen (secondary N) is 1. The summed E-state index contributed by atoms with van der Waals surface area (Å²) in [6, 6.07) is 3.70. The van der Waals surface area contributed by atoms with Gasteiger partial charge in [0.05, 0.1) is 5.56 Å². The second kappa shape index (κ2) is 5.23. The van der Waals surface area contributed by atoms with Crippen LogP contribution < -0.4 is 5.32 Å². The normalized spacial score (nSPS) is 19.5. The second-order valence-corrected chi connectivity index (χ2v) is 4.67. The van der Waals surface area contributed by atoms with Crippen molar-refractivity contribution in [3.05, 3.63) is 22.8 Å². The number of piperidine rings is 1. The third-order valence-electron chi connectivity index (χ3n) is 2.98. The molecule has 1 saturated heterocycles. The fourth-order valence-electron chi connectivity index (χ4n) is 1.95. The molecule has 0 bridgehead atoms. The zero-order chi connectivity index (χ0) is 13.1. The molecule has 1 aromatic rings. The van der Waals surface area contributed by atoms with Gasteiger partial charge >= 0.3 is 0 Å². The van der Waals surface area contributed by atoms with Crippen LogP contribution in [0.1, 0.15) is 18.4 Å². The lowest BCUT2D eigenvalue weighted by atomic mass is 10.1. The highest BCUT2D eigenvalue weighted by molar-refractivity contribution is 6.34. The number of hydrogen-bond donors (Lipinski definition) is 1. The van der Waals surface area contributed by atoms with E-state index in [2.05, 4.69) is 10.3 Å². The van der Waals surface area contributed by atoms with Gasteiger partial charge in [-0.15, -0.1) is 0 Å². The highest BCUT2D eigenvalue weighted by Gasteiger charge is 2.23. The first kappa shape index (κ1) is 12.7. The van der Waals surface area contributed by atoms with Crippen LogP contribution in [0.3, 0.4) is 0 Å². The molecule has 0 aromatic carbocycles. The molecular weight excluding hydrogens is 252 g/mol. The molecule has 18 heavy (non-hydrogen) atoms. The Morgan fingerprint density at radius 1 is 1.67 bits per heavy atom. The van der Waals surface area contributed by atoms with Crippen molar-refractivity contribution in [3.8, 4) is 6.07 Å². The molecule has 94 valence electrons. The van der Waals surface area contributed by atoms with Crippen molar-refractivity contribution < 1.29 is 4.79 Å². The van der Waals surface area contributed by atoms with Crippen LogP contribution >= 0.6 is 11.6 Å². The fraction of sp³-hybridized carbons (Fsp3) is 0.417. The molecule has 2 heterocycles. The Morgan fingerprint density at radius 3 is 3.11 bits per heavy atom. The zero-order valence-corrected chi connectivity index (χ0v) is 10.7. The summed E-state index contributed by atoms with van der Waals surface area (Å²) in [5.41, 5.74) is 0.398. The summed E-state index contributed by atoms with van der Waals surface area (Å²) in [6.07, 6.45) is 2.81. The summed E-state index contributed by atoms with van der Waals surface area (Å²) < 4.78 is 0. The molecule has 1 amide bonds. The number of carbonyl (C=O) groups excluding carboxylic acids is 1. The predicted octanol–water partition coefficient (Wildman–Crippen LogP) is 1.64. The molecule has 0 saturated carbocycles. The minimum Gasteiger partial charge on any atom is -0.364 e. The number of rotatable bonds is 2. The Kier molecular flexibility index (Phi) is 3.68. The maximum atomic E-state index is 11.4. The van der Waals surface area contributed by atoms with E-state index in [1.54, 1.807) is 24.2 Å². The van der Waals surface area contributed by atoms with Crippen LogP contribution in [0.15, 0.2) is 12.3 Å². The molecule has 1 aliphatic rings. The Bertz CT molecular complexity index is 511. The average molecular weight is 265 g/mol. The van der Waals surface area contributed by atoms with Crippen molar-refractivity contribution in [1.82, 2.24) is 9.88 Å². The topological polar surface area (TPSA) is 69.0 Å². The van der Waals surface area contributed by atoms with E-state index < -0.39 is 0 Å². The molecule has 1 fully saturated rings. The number of carbonyl (C=O) groups is 1. The predicted molar refractivity (Wildman–Crippen MR) is 68.2 cm³/mol. The number of halogens is 1. The molecule has 2 rings (SSSR count). The van der Waals surface area contributed by atoms with E-state index in [1.165, 1.54) is 0 Å². The lowest BCUT2D eigenvalue weighted by molar-refractivity contribution is -0.132. The van der Waals surface area contributed by atoms with E-state index in [0.717, 1.165) is 6.42 Å². The van der Waals surface area contributed by atoms with Gasteiger partial charge < -0.3 is 10.2 Å². The molecule has 1 unspecified atom stereocenters. The lowest BCUT2D eigenvalue weighted by Crippen LogP contribution is -2.43. The number of hydrogen-bond acceptors (Lipinski definition) is 4. The summed E-state index contributed by atoms with van der Waals surface area (Å²) in [4.78, 5) is 17.2. The van der Waals surface area contributed by atoms with Crippen molar-refractivity contribution in [2.24, 2.45) is 0 Å². The van der Waals surface area contributed by atoms with Crippen LogP contribution in [-0.4, -0.2) is 35.4 Å². The molecule has 0 radical (unpaired) electrons. The quantitative estimate of drug-likeness (QED) is 0.882. The van der Waals surface area contributed by atoms with E-state index in [0.29, 0.717) is 29.4 Å². The first-order valence-electron chi connectivity index (χ1n) is 5.67. The molecule has 5 nitrogen and oxygen atoms in total. The Morgan fingerprint density at radius 2 is 2.44 bits per heavy atom. The van der Waals surface area contributed by atoms with Crippen molar-refractivity contribution >= 4 is 23.3 Å². The van der Waals surface area contributed by atoms with Gasteiger partial charge in [-0.3, -0.25) is 4.79 Å². The molecular formula is C12H13ClN4O. The van der Waals surface area contributed by atoms with Crippen molar-refractivity contribution in [3.63, 3.8) is 0 Å². The Balaban J connectivity index is 2.11. The number of aromatic nitrogens is 1. The van der Waals surface area contributed by atoms with E-state index in [-0.39, 0.29) is 11.9 Å². The summed E-state index contributed by atoms with van der Waals surface area (Å²) >= 11 is 6.07. The summed E-state index contributed by atoms with van der Waals surface area (Å²) in [5, 5.41) is 12.4. The van der Waals surface area contributed by atoms with E-state index in [9.17, 15) is 4.79 Å². The number of anilines is 1. The lowest BCUT2D eigenvalue weighted by Gasteiger charge is -2.30. The van der Waals surface area contributed by atoms with Crippen LogP contribution in [-0.2, 0) is 4.79 Å². The first-order valence-corrected chi connectivity index (χ1v) is 6.04. The number of nitriles is 1. The zero-order valence-electron chi connectivity index (χ0n) is 9.98.